The molecule has 0 fully saturated rings. The first-order chi connectivity index (χ1) is 14.3. The van der Waals surface area contributed by atoms with Crippen LogP contribution in [-0.2, 0) is 6.61 Å². The molecular weight excluding hydrogens is 360 g/mol. The number of nitrogens with zero attached hydrogens (tertiary/aromatic N) is 1. The Morgan fingerprint density at radius 2 is 1.62 bits per heavy atom. The second kappa shape index (κ2) is 8.95. The van der Waals surface area contributed by atoms with Crippen LogP contribution in [0, 0.1) is 0 Å². The minimum atomic E-state index is -0.583. The average molecular weight is 386 g/mol. The van der Waals surface area contributed by atoms with Crippen LogP contribution >= 0.6 is 0 Å². The molecule has 2 atom stereocenters. The normalized spacial score (nSPS) is 13.3. The second-order valence-corrected chi connectivity index (χ2v) is 7.17. The zero-order valence-corrected chi connectivity index (χ0v) is 16.5. The van der Waals surface area contributed by atoms with Crippen molar-refractivity contribution in [3.05, 3.63) is 102 Å². The summed E-state index contributed by atoms with van der Waals surface area (Å²) in [5.41, 5.74) is 3.18. The molecule has 4 rings (SSSR count). The summed E-state index contributed by atoms with van der Waals surface area (Å²) in [4.78, 5) is 0. The van der Waals surface area contributed by atoms with Crippen LogP contribution in [0.5, 0.6) is 5.75 Å². The van der Waals surface area contributed by atoms with E-state index in [1.54, 1.807) is 0 Å². The van der Waals surface area contributed by atoms with Crippen LogP contribution in [0.1, 0.15) is 17.2 Å². The maximum atomic E-state index is 11.0. The highest BCUT2D eigenvalue weighted by Crippen LogP contribution is 2.33. The van der Waals surface area contributed by atoms with Gasteiger partial charge in [0.1, 0.15) is 12.4 Å². The van der Waals surface area contributed by atoms with E-state index in [-0.39, 0.29) is 6.04 Å². The number of likely N-dealkylation sites (N-methyl/N-ethyl adjacent to an activating group) is 1. The Labute approximate surface area is 171 Å². The van der Waals surface area contributed by atoms with Gasteiger partial charge < -0.3 is 19.7 Å². The first-order valence-electron chi connectivity index (χ1n) is 9.92. The molecule has 4 heteroatoms. The monoisotopic (exact) mass is 386 g/mol. The van der Waals surface area contributed by atoms with E-state index in [0.717, 1.165) is 27.8 Å². The number of hydrogen-bond donors (Lipinski definition) is 2. The van der Waals surface area contributed by atoms with Crippen LogP contribution < -0.4 is 10.1 Å². The van der Waals surface area contributed by atoms with Crippen molar-refractivity contribution in [2.24, 2.45) is 0 Å². The number of benzene rings is 3. The Bertz CT molecular complexity index is 1040. The molecule has 148 valence electrons. The fourth-order valence-electron chi connectivity index (χ4n) is 3.81. The van der Waals surface area contributed by atoms with Gasteiger partial charge in [0.2, 0.25) is 0 Å². The van der Waals surface area contributed by atoms with Crippen LogP contribution in [0.25, 0.3) is 10.9 Å². The summed E-state index contributed by atoms with van der Waals surface area (Å²) in [5.74, 6) is 0.814. The Balaban J connectivity index is 1.75. The number of aliphatic hydroxyl groups is 1. The number of ether oxygens (including phenoxy) is 1. The summed E-state index contributed by atoms with van der Waals surface area (Å²) in [7, 11) is 1.85. The van der Waals surface area contributed by atoms with E-state index in [0.29, 0.717) is 13.2 Å². The van der Waals surface area contributed by atoms with Crippen LogP contribution in [0.3, 0.4) is 0 Å². The van der Waals surface area contributed by atoms with Gasteiger partial charge in [0.05, 0.1) is 17.7 Å². The number of aromatic nitrogens is 1. The van der Waals surface area contributed by atoms with Gasteiger partial charge in [0.15, 0.2) is 0 Å². The molecule has 1 heterocycles. The summed E-state index contributed by atoms with van der Waals surface area (Å²) >= 11 is 0. The van der Waals surface area contributed by atoms with Gasteiger partial charge in [0, 0.05) is 18.1 Å². The Morgan fingerprint density at radius 3 is 2.34 bits per heavy atom. The van der Waals surface area contributed by atoms with Crippen LogP contribution in [0.2, 0.25) is 0 Å². The van der Waals surface area contributed by atoms with Crippen molar-refractivity contribution in [1.29, 1.82) is 0 Å². The van der Waals surface area contributed by atoms with Crippen LogP contribution in [0.4, 0.5) is 0 Å². The van der Waals surface area contributed by atoms with E-state index in [9.17, 15) is 5.11 Å². The van der Waals surface area contributed by atoms with Crippen LogP contribution in [0.15, 0.2) is 91.1 Å². The standard InChI is InChI=1S/C25H26N2O2/c1-26-17-22(28)24(20-11-6-3-7-12-20)27-16-15-21-13-8-14-23(25(21)27)29-18-19-9-4-2-5-10-19/h2-16,22,24,26,28H,17-18H2,1H3. The maximum Gasteiger partial charge on any atom is 0.144 e. The molecule has 0 spiro atoms. The predicted octanol–water partition coefficient (Wildman–Crippen LogP) is 4.39. The fourth-order valence-corrected chi connectivity index (χ4v) is 3.81. The fraction of sp³-hybridized carbons (Fsp3) is 0.200. The lowest BCUT2D eigenvalue weighted by Gasteiger charge is -2.26. The number of hydrogen-bond acceptors (Lipinski definition) is 3. The molecule has 0 saturated heterocycles. The van der Waals surface area contributed by atoms with E-state index in [1.165, 1.54) is 0 Å². The number of aliphatic hydroxyl groups excluding tert-OH is 1. The van der Waals surface area contributed by atoms with Gasteiger partial charge in [-0.15, -0.1) is 0 Å². The molecule has 0 aliphatic carbocycles. The van der Waals surface area contributed by atoms with Gasteiger partial charge in [-0.2, -0.15) is 0 Å². The van der Waals surface area contributed by atoms with Gasteiger partial charge in [-0.05, 0) is 30.3 Å². The Morgan fingerprint density at radius 1 is 0.897 bits per heavy atom. The Kier molecular flexibility index (Phi) is 5.94. The van der Waals surface area contributed by atoms with E-state index in [4.69, 9.17) is 4.74 Å². The first-order valence-corrected chi connectivity index (χ1v) is 9.92. The minimum absolute atomic E-state index is 0.220. The highest BCUT2D eigenvalue weighted by atomic mass is 16.5. The third kappa shape index (κ3) is 4.19. The molecule has 3 aromatic carbocycles. The molecule has 0 aliphatic heterocycles. The smallest absolute Gasteiger partial charge is 0.144 e. The lowest BCUT2D eigenvalue weighted by molar-refractivity contribution is 0.132. The SMILES string of the molecule is CNCC(O)C(c1ccccc1)n1ccc2cccc(OCc3ccccc3)c21. The van der Waals surface area contributed by atoms with Crippen molar-refractivity contribution >= 4 is 10.9 Å². The average Bonchev–Trinajstić information content (AvgIpc) is 3.19. The maximum absolute atomic E-state index is 11.0. The Hall–Kier alpha value is -3.08. The zero-order valence-electron chi connectivity index (χ0n) is 16.5. The number of fused-ring (bicyclic) bond motifs is 1. The van der Waals surface area contributed by atoms with Crippen molar-refractivity contribution in [3.8, 4) is 5.75 Å². The van der Waals surface area contributed by atoms with E-state index in [2.05, 4.69) is 46.3 Å². The summed E-state index contributed by atoms with van der Waals surface area (Å²) in [5, 5.41) is 15.2. The molecule has 2 N–H and O–H groups in total. The summed E-state index contributed by atoms with van der Waals surface area (Å²) < 4.78 is 8.34. The summed E-state index contributed by atoms with van der Waals surface area (Å²) in [6.45, 7) is 0.993. The zero-order chi connectivity index (χ0) is 20.1. The van der Waals surface area contributed by atoms with Gasteiger partial charge in [0.25, 0.3) is 0 Å². The van der Waals surface area contributed by atoms with Crippen LogP contribution in [-0.4, -0.2) is 29.4 Å². The topological polar surface area (TPSA) is 46.4 Å². The lowest BCUT2D eigenvalue weighted by Crippen LogP contribution is -2.33. The third-order valence-corrected chi connectivity index (χ3v) is 5.16. The van der Waals surface area contributed by atoms with E-state index in [1.807, 2.05) is 61.8 Å². The van der Waals surface area contributed by atoms with Gasteiger partial charge in [-0.25, -0.2) is 0 Å². The van der Waals surface area contributed by atoms with Crippen molar-refractivity contribution in [1.82, 2.24) is 9.88 Å². The molecule has 4 nitrogen and oxygen atoms in total. The summed E-state index contributed by atoms with van der Waals surface area (Å²) in [6, 6.07) is 28.2. The number of nitrogens with one attached hydrogen (secondary N) is 1. The first kappa shape index (κ1) is 19.2. The number of para-hydroxylation sites is 1. The quantitative estimate of drug-likeness (QED) is 0.472. The highest BCUT2D eigenvalue weighted by molar-refractivity contribution is 5.86. The van der Waals surface area contributed by atoms with Crippen molar-refractivity contribution in [2.45, 2.75) is 18.8 Å². The third-order valence-electron chi connectivity index (χ3n) is 5.16. The van der Waals surface area contributed by atoms with Gasteiger partial charge in [-0.3, -0.25) is 0 Å². The van der Waals surface area contributed by atoms with Gasteiger partial charge in [-0.1, -0.05) is 72.8 Å². The molecule has 0 aliphatic rings. The van der Waals surface area contributed by atoms with E-state index < -0.39 is 6.10 Å². The van der Waals surface area contributed by atoms with Crippen molar-refractivity contribution < 1.29 is 9.84 Å². The number of rotatable bonds is 8. The van der Waals surface area contributed by atoms with Crippen molar-refractivity contribution in [3.63, 3.8) is 0 Å². The largest absolute Gasteiger partial charge is 0.487 e. The minimum Gasteiger partial charge on any atom is -0.487 e. The molecule has 0 radical (unpaired) electrons. The molecule has 29 heavy (non-hydrogen) atoms. The highest BCUT2D eigenvalue weighted by Gasteiger charge is 2.24. The lowest BCUT2D eigenvalue weighted by atomic mass is 10.0. The molecule has 4 aromatic rings. The molecule has 0 bridgehead atoms. The van der Waals surface area contributed by atoms with E-state index >= 15 is 0 Å². The predicted molar refractivity (Wildman–Crippen MR) is 117 cm³/mol. The molecule has 1 aromatic heterocycles. The van der Waals surface area contributed by atoms with Crippen molar-refractivity contribution in [2.75, 3.05) is 13.6 Å². The summed E-state index contributed by atoms with van der Waals surface area (Å²) in [6.07, 6.45) is 1.46. The second-order valence-electron chi connectivity index (χ2n) is 7.17. The molecule has 2 unspecified atom stereocenters. The molecule has 0 saturated carbocycles. The molecular formula is C25H26N2O2. The molecule has 0 amide bonds. The van der Waals surface area contributed by atoms with Gasteiger partial charge >= 0.3 is 0 Å².